The Hall–Kier alpha value is -1.40. The summed E-state index contributed by atoms with van der Waals surface area (Å²) < 4.78 is 5.18. The van der Waals surface area contributed by atoms with E-state index in [1.807, 2.05) is 13.8 Å². The van der Waals surface area contributed by atoms with E-state index in [-0.39, 0.29) is 5.97 Å². The number of thiophene rings is 1. The quantitative estimate of drug-likeness (QED) is 0.494. The highest BCUT2D eigenvalue weighted by atomic mass is 32.1. The number of carbonyl (C=O) groups is 1. The predicted molar refractivity (Wildman–Crippen MR) is 91.3 cm³/mol. The molecule has 0 aromatic carbocycles. The third-order valence-electron chi connectivity index (χ3n) is 3.18. The summed E-state index contributed by atoms with van der Waals surface area (Å²) in [7, 11) is 0. The minimum Gasteiger partial charge on any atom is -0.462 e. The predicted octanol–water partition coefficient (Wildman–Crippen LogP) is 3.28. The van der Waals surface area contributed by atoms with Crippen molar-refractivity contribution < 1.29 is 9.53 Å². The summed E-state index contributed by atoms with van der Waals surface area (Å²) in [4.78, 5) is 13.5. The van der Waals surface area contributed by atoms with Gasteiger partial charge in [0.2, 0.25) is 0 Å². The second-order valence-electron chi connectivity index (χ2n) is 5.05. The average molecular weight is 324 g/mol. The first-order valence-corrected chi connectivity index (χ1v) is 8.26. The van der Waals surface area contributed by atoms with E-state index < -0.39 is 0 Å². The van der Waals surface area contributed by atoms with Crippen LogP contribution in [0.3, 0.4) is 0 Å². The van der Waals surface area contributed by atoms with Crippen LogP contribution in [0.1, 0.15) is 41.1 Å². The molecule has 0 saturated heterocycles. The molecule has 4 nitrogen and oxygen atoms in total. The highest BCUT2D eigenvalue weighted by Gasteiger charge is 2.27. The van der Waals surface area contributed by atoms with Crippen LogP contribution in [-0.4, -0.2) is 24.2 Å². The summed E-state index contributed by atoms with van der Waals surface area (Å²) in [6.45, 7) is 8.56. The normalized spacial score (nSPS) is 12.7. The van der Waals surface area contributed by atoms with Crippen molar-refractivity contribution in [1.82, 2.24) is 5.32 Å². The molecule has 0 radical (unpaired) electrons. The molecule has 1 aromatic heterocycles. The number of rotatable bonds is 5. The van der Waals surface area contributed by atoms with Crippen LogP contribution in [0.15, 0.2) is 12.2 Å². The van der Waals surface area contributed by atoms with Gasteiger partial charge in [0.1, 0.15) is 5.00 Å². The van der Waals surface area contributed by atoms with Crippen LogP contribution in [0.25, 0.3) is 0 Å². The van der Waals surface area contributed by atoms with Gasteiger partial charge in [-0.2, -0.15) is 0 Å². The molecule has 0 atom stereocenters. The van der Waals surface area contributed by atoms with Crippen LogP contribution in [0, 0.1) is 0 Å². The highest BCUT2D eigenvalue weighted by molar-refractivity contribution is 7.80. The molecule has 114 valence electrons. The molecule has 0 aliphatic heterocycles. The third kappa shape index (κ3) is 3.83. The first-order valence-electron chi connectivity index (χ1n) is 7.03. The van der Waals surface area contributed by atoms with Gasteiger partial charge in [-0.3, -0.25) is 0 Å². The average Bonchev–Trinajstić information content (AvgIpc) is 2.96. The summed E-state index contributed by atoms with van der Waals surface area (Å²) in [5.41, 5.74) is 2.79. The van der Waals surface area contributed by atoms with E-state index in [2.05, 4.69) is 17.2 Å². The Labute approximate surface area is 134 Å². The second kappa shape index (κ2) is 7.04. The number of hydrogen-bond donors (Lipinski definition) is 2. The number of nitrogens with one attached hydrogen (secondary N) is 2. The van der Waals surface area contributed by atoms with Crippen molar-refractivity contribution in [1.29, 1.82) is 0 Å². The van der Waals surface area contributed by atoms with Crippen molar-refractivity contribution in [3.05, 3.63) is 28.2 Å². The zero-order valence-corrected chi connectivity index (χ0v) is 14.0. The number of carbonyl (C=O) groups excluding carboxylic acids is 1. The fourth-order valence-corrected chi connectivity index (χ4v) is 3.81. The lowest BCUT2D eigenvalue weighted by molar-refractivity contribution is 0.0527. The van der Waals surface area contributed by atoms with E-state index in [1.54, 1.807) is 11.3 Å². The summed E-state index contributed by atoms with van der Waals surface area (Å²) in [6.07, 6.45) is 3.07. The lowest BCUT2D eigenvalue weighted by Gasteiger charge is -2.11. The summed E-state index contributed by atoms with van der Waals surface area (Å²) >= 11 is 6.87. The molecule has 1 aromatic rings. The first-order chi connectivity index (χ1) is 10.0. The molecule has 1 aliphatic rings. The Bertz CT molecular complexity index is 578. The van der Waals surface area contributed by atoms with Gasteiger partial charge in [0.05, 0.1) is 12.2 Å². The van der Waals surface area contributed by atoms with Gasteiger partial charge < -0.3 is 15.4 Å². The minimum atomic E-state index is -0.262. The summed E-state index contributed by atoms with van der Waals surface area (Å²) in [5, 5.41) is 7.49. The van der Waals surface area contributed by atoms with Crippen LogP contribution in [0.2, 0.25) is 0 Å². The number of aryl methyl sites for hydroxylation is 1. The Kier molecular flexibility index (Phi) is 5.36. The first kappa shape index (κ1) is 16.0. The van der Waals surface area contributed by atoms with Gasteiger partial charge in [-0.05, 0) is 50.9 Å². The van der Waals surface area contributed by atoms with Gasteiger partial charge in [-0.25, -0.2) is 4.79 Å². The lowest BCUT2D eigenvalue weighted by atomic mass is 10.1. The van der Waals surface area contributed by atoms with Gasteiger partial charge >= 0.3 is 5.97 Å². The minimum absolute atomic E-state index is 0.262. The Morgan fingerprint density at radius 3 is 2.90 bits per heavy atom. The topological polar surface area (TPSA) is 50.4 Å². The SMILES string of the molecule is C=C(C)CNC(=S)Nc1sc2c(c1C(=O)OCC)CCC2. The van der Waals surface area contributed by atoms with Crippen molar-refractivity contribution in [3.63, 3.8) is 0 Å². The standard InChI is InChI=1S/C15H20N2O2S2/c1-4-19-14(18)12-10-6-5-7-11(10)21-13(12)17-15(20)16-8-9(2)3/h2,4-8H2,1,3H3,(H2,16,17,20). The molecular weight excluding hydrogens is 304 g/mol. The lowest BCUT2D eigenvalue weighted by Crippen LogP contribution is -2.29. The molecule has 0 saturated carbocycles. The maximum Gasteiger partial charge on any atom is 0.341 e. The monoisotopic (exact) mass is 324 g/mol. The molecule has 1 aliphatic carbocycles. The van der Waals surface area contributed by atoms with Gasteiger partial charge in [0.15, 0.2) is 5.11 Å². The van der Waals surface area contributed by atoms with Crippen LogP contribution < -0.4 is 10.6 Å². The number of ether oxygens (including phenoxy) is 1. The van der Waals surface area contributed by atoms with Gasteiger partial charge in [0, 0.05) is 11.4 Å². The van der Waals surface area contributed by atoms with Gasteiger partial charge in [-0.15, -0.1) is 11.3 Å². The fraction of sp³-hybridized carbons (Fsp3) is 0.467. The zero-order chi connectivity index (χ0) is 15.4. The molecule has 0 bridgehead atoms. The van der Waals surface area contributed by atoms with Crippen molar-refractivity contribution in [2.45, 2.75) is 33.1 Å². The fourth-order valence-electron chi connectivity index (χ4n) is 2.29. The molecule has 1 heterocycles. The van der Waals surface area contributed by atoms with E-state index in [9.17, 15) is 4.79 Å². The number of esters is 1. The molecule has 2 rings (SSSR count). The van der Waals surface area contributed by atoms with Crippen molar-refractivity contribution in [2.75, 3.05) is 18.5 Å². The molecule has 21 heavy (non-hydrogen) atoms. The molecule has 2 N–H and O–H groups in total. The number of thiocarbonyl (C=S) groups is 1. The molecule has 6 heteroatoms. The van der Waals surface area contributed by atoms with Crippen LogP contribution >= 0.6 is 23.6 Å². The van der Waals surface area contributed by atoms with Crippen molar-refractivity contribution in [3.8, 4) is 0 Å². The second-order valence-corrected chi connectivity index (χ2v) is 6.56. The number of anilines is 1. The zero-order valence-electron chi connectivity index (χ0n) is 12.4. The van der Waals surface area contributed by atoms with E-state index in [4.69, 9.17) is 17.0 Å². The van der Waals surface area contributed by atoms with Gasteiger partial charge in [-0.1, -0.05) is 12.2 Å². The third-order valence-corrected chi connectivity index (χ3v) is 4.63. The maximum absolute atomic E-state index is 12.2. The van der Waals surface area contributed by atoms with Gasteiger partial charge in [0.25, 0.3) is 0 Å². The van der Waals surface area contributed by atoms with Crippen LogP contribution in [0.5, 0.6) is 0 Å². The van der Waals surface area contributed by atoms with E-state index in [0.717, 1.165) is 35.4 Å². The molecule has 0 unspecified atom stereocenters. The van der Waals surface area contributed by atoms with Crippen molar-refractivity contribution in [2.24, 2.45) is 0 Å². The highest BCUT2D eigenvalue weighted by Crippen LogP contribution is 2.39. The van der Waals surface area contributed by atoms with E-state index >= 15 is 0 Å². The molecule has 0 spiro atoms. The smallest absolute Gasteiger partial charge is 0.341 e. The molecular formula is C15H20N2O2S2. The van der Waals surface area contributed by atoms with E-state index in [1.165, 1.54) is 4.88 Å². The van der Waals surface area contributed by atoms with E-state index in [0.29, 0.717) is 23.8 Å². The number of fused-ring (bicyclic) bond motifs is 1. The van der Waals surface area contributed by atoms with Crippen LogP contribution in [-0.2, 0) is 17.6 Å². The molecule has 0 fully saturated rings. The summed E-state index contributed by atoms with van der Waals surface area (Å²) in [6, 6.07) is 0. The van der Waals surface area contributed by atoms with Crippen LogP contribution in [0.4, 0.5) is 5.00 Å². The summed E-state index contributed by atoms with van der Waals surface area (Å²) in [5.74, 6) is -0.262. The Morgan fingerprint density at radius 1 is 1.48 bits per heavy atom. The Morgan fingerprint density at radius 2 is 2.24 bits per heavy atom. The Balaban J connectivity index is 2.17. The number of hydrogen-bond acceptors (Lipinski definition) is 4. The maximum atomic E-state index is 12.2. The largest absolute Gasteiger partial charge is 0.462 e. The van der Waals surface area contributed by atoms with Crippen molar-refractivity contribution >= 4 is 39.6 Å². The molecule has 0 amide bonds.